The molecular weight excluding hydrogens is 822 g/mol. The van der Waals surface area contributed by atoms with Crippen LogP contribution in [0.1, 0.15) is 67.2 Å². The van der Waals surface area contributed by atoms with Crippen molar-refractivity contribution < 1.29 is 50.2 Å². The van der Waals surface area contributed by atoms with Crippen molar-refractivity contribution in [2.24, 2.45) is 17.8 Å². The van der Waals surface area contributed by atoms with Gasteiger partial charge in [0.15, 0.2) is 5.44 Å². The smallest absolute Gasteiger partial charge is 0.259 e. The molecule has 0 amide bonds. The van der Waals surface area contributed by atoms with Crippen LogP contribution in [0.25, 0.3) is 0 Å². The molecular formula is C37H59BrN2O11P2S. The number of hydrogen-bond donors (Lipinski definition) is 0. The summed E-state index contributed by atoms with van der Waals surface area (Å²) < 4.78 is 86.9. The molecule has 7 aliphatic rings. The number of sulfone groups is 1. The minimum Gasteiger partial charge on any atom is -0.382 e. The summed E-state index contributed by atoms with van der Waals surface area (Å²) >= 11 is 3.35. The second kappa shape index (κ2) is 17.3. The van der Waals surface area contributed by atoms with Gasteiger partial charge in [0.1, 0.15) is 30.0 Å². The molecule has 0 aromatic heterocycles. The minimum atomic E-state index is -3.69. The second-order valence-electron chi connectivity index (χ2n) is 16.4. The fourth-order valence-electron chi connectivity index (χ4n) is 9.23. The maximum atomic E-state index is 13.3. The van der Waals surface area contributed by atoms with E-state index in [1.165, 1.54) is 12.8 Å². The van der Waals surface area contributed by atoms with Gasteiger partial charge in [-0.25, -0.2) is 17.8 Å². The van der Waals surface area contributed by atoms with E-state index in [9.17, 15) is 8.42 Å². The van der Waals surface area contributed by atoms with Crippen molar-refractivity contribution in [2.75, 3.05) is 47.1 Å². The lowest BCUT2D eigenvalue weighted by molar-refractivity contribution is -0.158. The lowest BCUT2D eigenvalue weighted by atomic mass is 9.99. The summed E-state index contributed by atoms with van der Waals surface area (Å²) in [4.78, 5) is 0.242. The third-order valence-corrected chi connectivity index (χ3v) is 18.0. The van der Waals surface area contributed by atoms with Crippen molar-refractivity contribution in [3.63, 3.8) is 0 Å². The van der Waals surface area contributed by atoms with Crippen molar-refractivity contribution in [1.29, 1.82) is 0 Å². The minimum absolute atomic E-state index is 0.0181. The average Bonchev–Trinajstić information content (AvgIpc) is 3.98. The highest BCUT2D eigenvalue weighted by atomic mass is 79.9. The summed E-state index contributed by atoms with van der Waals surface area (Å²) in [6.07, 6.45) is 4.15. The predicted octanol–water partition coefficient (Wildman–Crippen LogP) is 6.68. The molecule has 306 valence electrons. The van der Waals surface area contributed by atoms with E-state index in [0.717, 1.165) is 30.4 Å². The highest BCUT2D eigenvalue weighted by Crippen LogP contribution is 2.61. The van der Waals surface area contributed by atoms with Crippen LogP contribution in [0.2, 0.25) is 0 Å². The van der Waals surface area contributed by atoms with Crippen LogP contribution < -0.4 is 0 Å². The Kier molecular flexibility index (Phi) is 13.6. The van der Waals surface area contributed by atoms with Gasteiger partial charge in [0, 0.05) is 49.8 Å². The molecule has 7 saturated heterocycles. The molecule has 0 radical (unpaired) electrons. The van der Waals surface area contributed by atoms with Gasteiger partial charge in [-0.1, -0.05) is 50.5 Å². The largest absolute Gasteiger partial charge is 0.382 e. The van der Waals surface area contributed by atoms with E-state index in [4.69, 9.17) is 41.8 Å². The SMILES string of the molecule is COC[C@@]12COC([C@H](C)O1)[C@H]2OP1OC(C(C)C)C2CCCN21.COC[C@H]1O[C@@H](S(=O)(=O)c2ccc(Br)cc2)C(C)[C@H]1OP1OC(C(C)C)[C@@H]2CCCN21. The van der Waals surface area contributed by atoms with Crippen LogP contribution in [0, 0.1) is 17.8 Å². The molecule has 8 rings (SSSR count). The van der Waals surface area contributed by atoms with Crippen molar-refractivity contribution in [3.05, 3.63) is 28.7 Å². The van der Waals surface area contributed by atoms with Crippen molar-refractivity contribution >= 4 is 42.8 Å². The molecule has 54 heavy (non-hydrogen) atoms. The molecule has 17 heteroatoms. The topological polar surface area (TPSA) is 124 Å². The average molecular weight is 882 g/mol. The van der Waals surface area contributed by atoms with Gasteiger partial charge in [0.25, 0.3) is 17.1 Å². The predicted molar refractivity (Wildman–Crippen MR) is 208 cm³/mol. The third-order valence-electron chi connectivity index (χ3n) is 11.9. The molecule has 1 aromatic rings. The Bertz CT molecular complexity index is 1530. The van der Waals surface area contributed by atoms with E-state index in [2.05, 4.69) is 59.9 Å². The lowest BCUT2D eigenvalue weighted by Crippen LogP contribution is -2.45. The van der Waals surface area contributed by atoms with Crippen LogP contribution in [-0.4, -0.2) is 131 Å². The lowest BCUT2D eigenvalue weighted by Gasteiger charge is -2.31. The molecule has 2 bridgehead atoms. The van der Waals surface area contributed by atoms with Crippen LogP contribution in [-0.2, 0) is 51.6 Å². The first kappa shape index (κ1) is 42.2. The van der Waals surface area contributed by atoms with Crippen molar-refractivity contribution in [3.8, 4) is 0 Å². The Labute approximate surface area is 332 Å². The Hall–Kier alpha value is 0.0700. The van der Waals surface area contributed by atoms with Gasteiger partial charge in [0.2, 0.25) is 9.84 Å². The fourth-order valence-corrected chi connectivity index (χ4v) is 15.7. The molecule has 13 nitrogen and oxygen atoms in total. The van der Waals surface area contributed by atoms with E-state index in [-0.39, 0.29) is 47.9 Å². The van der Waals surface area contributed by atoms with E-state index >= 15 is 0 Å². The summed E-state index contributed by atoms with van der Waals surface area (Å²) in [5.41, 5.74) is -1.47. The summed E-state index contributed by atoms with van der Waals surface area (Å²) in [5, 5.41) is 0. The Morgan fingerprint density at radius 2 is 1.50 bits per heavy atom. The molecule has 7 unspecified atom stereocenters. The summed E-state index contributed by atoms with van der Waals surface area (Å²) in [6, 6.07) is 7.54. The zero-order valence-corrected chi connectivity index (χ0v) is 36.9. The van der Waals surface area contributed by atoms with Gasteiger partial charge >= 0.3 is 0 Å². The maximum absolute atomic E-state index is 13.3. The van der Waals surface area contributed by atoms with E-state index in [1.54, 1.807) is 38.5 Å². The van der Waals surface area contributed by atoms with Gasteiger partial charge in [-0.05, 0) is 68.7 Å². The number of rotatable bonds is 12. The zero-order chi connectivity index (χ0) is 38.5. The highest BCUT2D eigenvalue weighted by Gasteiger charge is 2.63. The molecule has 0 aliphatic carbocycles. The van der Waals surface area contributed by atoms with Crippen LogP contribution in [0.15, 0.2) is 33.6 Å². The van der Waals surface area contributed by atoms with Crippen molar-refractivity contribution in [2.45, 2.75) is 138 Å². The highest BCUT2D eigenvalue weighted by molar-refractivity contribution is 9.10. The molecule has 0 saturated carbocycles. The van der Waals surface area contributed by atoms with Crippen LogP contribution >= 0.6 is 33.0 Å². The van der Waals surface area contributed by atoms with E-state index < -0.39 is 50.1 Å². The summed E-state index contributed by atoms with van der Waals surface area (Å²) in [7, 11) is -2.67. The molecule has 7 fully saturated rings. The number of ether oxygens (including phenoxy) is 5. The molecule has 7 heterocycles. The summed E-state index contributed by atoms with van der Waals surface area (Å²) in [6.45, 7) is 16.1. The quantitative estimate of drug-likeness (QED) is 0.208. The van der Waals surface area contributed by atoms with Crippen LogP contribution in [0.3, 0.4) is 0 Å². The first-order valence-electron chi connectivity index (χ1n) is 19.5. The zero-order valence-electron chi connectivity index (χ0n) is 32.7. The van der Waals surface area contributed by atoms with Gasteiger partial charge < -0.3 is 41.8 Å². The first-order valence-corrected chi connectivity index (χ1v) is 24.1. The number of nitrogens with zero attached hydrogens (tertiary/aromatic N) is 2. The molecule has 7 aliphatic heterocycles. The Balaban J connectivity index is 0.000000174. The van der Waals surface area contributed by atoms with Crippen LogP contribution in [0.4, 0.5) is 0 Å². The van der Waals surface area contributed by atoms with Gasteiger partial charge in [-0.15, -0.1) is 0 Å². The second-order valence-corrected chi connectivity index (χ2v) is 22.2. The van der Waals surface area contributed by atoms with Crippen LogP contribution in [0.5, 0.6) is 0 Å². The Morgan fingerprint density at radius 1 is 0.907 bits per heavy atom. The first-order chi connectivity index (χ1) is 25.8. The summed E-state index contributed by atoms with van der Waals surface area (Å²) in [5.74, 6) is 0.551. The molecule has 14 atom stereocenters. The number of fused-ring (bicyclic) bond motifs is 4. The fraction of sp³-hybridized carbons (Fsp3) is 0.838. The third kappa shape index (κ3) is 8.03. The van der Waals surface area contributed by atoms with E-state index in [0.29, 0.717) is 37.1 Å². The maximum Gasteiger partial charge on any atom is 0.259 e. The monoisotopic (exact) mass is 880 g/mol. The van der Waals surface area contributed by atoms with Crippen molar-refractivity contribution in [1.82, 2.24) is 9.34 Å². The van der Waals surface area contributed by atoms with E-state index in [1.807, 2.05) is 6.92 Å². The molecule has 1 aromatic carbocycles. The van der Waals surface area contributed by atoms with Gasteiger partial charge in [0.05, 0.1) is 43.0 Å². The number of halogens is 1. The van der Waals surface area contributed by atoms with Gasteiger partial charge in [-0.2, -0.15) is 0 Å². The van der Waals surface area contributed by atoms with Gasteiger partial charge in [-0.3, -0.25) is 0 Å². The normalized spacial score (nSPS) is 41.9. The number of benzene rings is 1. The number of hydrogen-bond acceptors (Lipinski definition) is 13. The molecule has 0 N–H and O–H groups in total. The molecule has 0 spiro atoms. The standard InChI is InChI=1S/C21H31BrNO6PS.C16H28NO5P/c1-13(2)19-17-6-5-11-23(17)30(28-19)29-20-14(3)21(27-18(20)12-26-4)31(24,25)16-9-7-15(22)8-10-16;1-10(2)13-12-6-5-7-17(12)23(21-13)22-15-14-11(3)20-16(15,8-18-4)9-19-14/h7-10,13-14,17-21H,5-6,11-12H2,1-4H3;10-15H,5-9H2,1-4H3/t14?,17-,18+,19?,20+,21-,30?;11-,12?,13?,14?,15+,16-,23?/m00/s1. The Morgan fingerprint density at radius 3 is 2.04 bits per heavy atom. The number of methoxy groups -OCH3 is 2.